The Bertz CT molecular complexity index is 2050. The van der Waals surface area contributed by atoms with Gasteiger partial charge in [-0.25, -0.2) is 36.3 Å². The maximum absolute atomic E-state index is 14.3. The molecule has 2 aromatic carbocycles. The molecule has 4 aromatic heterocycles. The number of hydrogen-bond donors (Lipinski definition) is 2. The molecule has 0 aliphatic heterocycles. The molecule has 0 bridgehead atoms. The summed E-state index contributed by atoms with van der Waals surface area (Å²) >= 11 is 12.6. The van der Waals surface area contributed by atoms with Crippen LogP contribution in [0.2, 0.25) is 10.2 Å². The normalized spacial score (nSPS) is 11.3. The van der Waals surface area contributed by atoms with E-state index in [4.69, 9.17) is 23.2 Å². The predicted octanol–water partition coefficient (Wildman–Crippen LogP) is 10.4. The first-order valence-electron chi connectivity index (χ1n) is 14.5. The van der Waals surface area contributed by atoms with E-state index in [1.807, 2.05) is 27.7 Å². The molecule has 0 fully saturated rings. The van der Waals surface area contributed by atoms with Gasteiger partial charge in [0.2, 0.25) is 0 Å². The third kappa shape index (κ3) is 7.09. The highest BCUT2D eigenvalue weighted by molar-refractivity contribution is 6.38. The van der Waals surface area contributed by atoms with Crippen molar-refractivity contribution in [2.45, 2.75) is 39.8 Å². The Kier molecular flexibility index (Phi) is 10.3. The van der Waals surface area contributed by atoms with E-state index in [-0.39, 0.29) is 39.2 Å². The Balaban J connectivity index is 0.000000188. The van der Waals surface area contributed by atoms with Crippen molar-refractivity contribution in [2.75, 3.05) is 10.6 Å². The number of hydrogen-bond acceptors (Lipinski definition) is 6. The number of aromatic nitrogens is 4. The van der Waals surface area contributed by atoms with Gasteiger partial charge in [-0.05, 0) is 39.8 Å². The van der Waals surface area contributed by atoms with E-state index in [2.05, 4.69) is 30.6 Å². The highest BCUT2D eigenvalue weighted by Crippen LogP contribution is 2.43. The van der Waals surface area contributed by atoms with Crippen LogP contribution in [0.15, 0.2) is 61.2 Å². The lowest BCUT2D eigenvalue weighted by Gasteiger charge is -2.19. The third-order valence-corrected chi connectivity index (χ3v) is 7.51. The molecule has 0 spiro atoms. The maximum Gasteiger partial charge on any atom is 0.139 e. The molecule has 6 aromatic rings. The molecule has 0 aliphatic carbocycles. The minimum absolute atomic E-state index is 0.0369. The van der Waals surface area contributed by atoms with Gasteiger partial charge in [-0.1, -0.05) is 23.2 Å². The van der Waals surface area contributed by atoms with Crippen molar-refractivity contribution in [3.63, 3.8) is 0 Å². The van der Waals surface area contributed by atoms with Gasteiger partial charge in [-0.3, -0.25) is 9.97 Å². The number of pyridine rings is 4. The summed E-state index contributed by atoms with van der Waals surface area (Å²) in [5.74, 6) is -5.97. The van der Waals surface area contributed by atoms with E-state index in [0.717, 1.165) is 0 Å². The fraction of sp³-hybridized carbons (Fsp3) is 0.176. The van der Waals surface area contributed by atoms with Gasteiger partial charge in [-0.2, -0.15) is 0 Å². The smallest absolute Gasteiger partial charge is 0.139 e. The highest BCUT2D eigenvalue weighted by atomic mass is 35.5. The average molecular weight is 704 g/mol. The van der Waals surface area contributed by atoms with Gasteiger partial charge in [0.15, 0.2) is 0 Å². The van der Waals surface area contributed by atoms with Crippen LogP contribution in [0.1, 0.15) is 27.7 Å². The molecule has 2 N–H and O–H groups in total. The fourth-order valence-corrected chi connectivity index (χ4v) is 5.62. The molecule has 48 heavy (non-hydrogen) atoms. The molecule has 4 heterocycles. The quantitative estimate of drug-likeness (QED) is 0.133. The zero-order valence-electron chi connectivity index (χ0n) is 25.7. The molecular formula is C34H26Cl2F6N6. The summed E-state index contributed by atoms with van der Waals surface area (Å²) < 4.78 is 83.6. The number of anilines is 2. The standard InChI is InChI=1S/2C17H13ClF3N3/c1-8(2)23-16-10-3-4-22-7-13(10)24-17(18)15(16)14-11(20)5-9(19)6-12(14)21;1-8(2)23-17-15(14-11(20)5-9(19)6-12(14)21)16(18)10-3-4-22-7-13(10)24-17/h2*3-8H,1-2H3,(H,23,24). The van der Waals surface area contributed by atoms with Crippen LogP contribution in [0.5, 0.6) is 0 Å². The van der Waals surface area contributed by atoms with Crippen LogP contribution in [0, 0.1) is 34.9 Å². The van der Waals surface area contributed by atoms with Crippen molar-refractivity contribution in [3.05, 3.63) is 106 Å². The van der Waals surface area contributed by atoms with E-state index in [0.29, 0.717) is 51.8 Å². The zero-order valence-corrected chi connectivity index (χ0v) is 27.3. The number of fused-ring (bicyclic) bond motifs is 2. The first kappa shape index (κ1) is 34.6. The van der Waals surface area contributed by atoms with Gasteiger partial charge >= 0.3 is 0 Å². The van der Waals surface area contributed by atoms with E-state index in [9.17, 15) is 26.3 Å². The summed E-state index contributed by atoms with van der Waals surface area (Å²) in [5.41, 5.74) is 0.658. The number of halogens is 8. The van der Waals surface area contributed by atoms with Crippen molar-refractivity contribution >= 4 is 56.5 Å². The number of benzene rings is 2. The number of nitrogens with one attached hydrogen (secondary N) is 2. The molecule has 14 heteroatoms. The second-order valence-corrected chi connectivity index (χ2v) is 11.9. The molecule has 0 atom stereocenters. The average Bonchev–Trinajstić information content (AvgIpc) is 2.99. The SMILES string of the molecule is CC(C)Nc1c(-c2c(F)cc(F)cc2F)c(Cl)nc2cnccc12.CC(C)Nc1nc2cnccc2c(Cl)c1-c1c(F)cc(F)cc1F. The second kappa shape index (κ2) is 14.2. The van der Waals surface area contributed by atoms with Crippen LogP contribution in [0.25, 0.3) is 44.1 Å². The lowest BCUT2D eigenvalue weighted by Crippen LogP contribution is -2.13. The fourth-order valence-electron chi connectivity index (χ4n) is 5.00. The van der Waals surface area contributed by atoms with E-state index in [1.54, 1.807) is 18.3 Å². The van der Waals surface area contributed by atoms with Crippen molar-refractivity contribution in [1.82, 2.24) is 19.9 Å². The summed E-state index contributed by atoms with van der Waals surface area (Å²) in [6, 6.07) is 5.64. The summed E-state index contributed by atoms with van der Waals surface area (Å²) in [6.45, 7) is 7.46. The van der Waals surface area contributed by atoms with Crippen LogP contribution in [0.3, 0.4) is 0 Å². The van der Waals surface area contributed by atoms with Gasteiger partial charge in [0, 0.05) is 70.6 Å². The van der Waals surface area contributed by atoms with Gasteiger partial charge in [0.05, 0.1) is 45.3 Å². The van der Waals surface area contributed by atoms with Gasteiger partial charge in [0.1, 0.15) is 45.9 Å². The molecule has 0 unspecified atom stereocenters. The molecule has 248 valence electrons. The predicted molar refractivity (Wildman–Crippen MR) is 177 cm³/mol. The largest absolute Gasteiger partial charge is 0.382 e. The number of nitrogens with zero attached hydrogens (tertiary/aromatic N) is 4. The summed E-state index contributed by atoms with van der Waals surface area (Å²) in [6.07, 6.45) is 6.07. The minimum atomic E-state index is -1.04. The van der Waals surface area contributed by atoms with Gasteiger partial charge in [0.25, 0.3) is 0 Å². The van der Waals surface area contributed by atoms with Crippen LogP contribution in [0.4, 0.5) is 37.8 Å². The molecule has 6 rings (SSSR count). The Labute approximate surface area is 281 Å². The van der Waals surface area contributed by atoms with Crippen LogP contribution >= 0.6 is 23.2 Å². The van der Waals surface area contributed by atoms with Crippen molar-refractivity contribution in [3.8, 4) is 22.3 Å². The molecule has 0 amide bonds. The van der Waals surface area contributed by atoms with Crippen LogP contribution in [-0.2, 0) is 0 Å². The number of rotatable bonds is 6. The molecule has 0 radical (unpaired) electrons. The van der Waals surface area contributed by atoms with Gasteiger partial charge < -0.3 is 10.6 Å². The molecule has 0 aliphatic rings. The lowest BCUT2D eigenvalue weighted by atomic mass is 10.0. The van der Waals surface area contributed by atoms with Crippen LogP contribution < -0.4 is 10.6 Å². The third-order valence-electron chi connectivity index (χ3n) is 6.84. The van der Waals surface area contributed by atoms with E-state index >= 15 is 0 Å². The first-order valence-corrected chi connectivity index (χ1v) is 15.2. The molecule has 0 saturated heterocycles. The molecule has 6 nitrogen and oxygen atoms in total. The Morgan fingerprint density at radius 2 is 1.04 bits per heavy atom. The summed E-state index contributed by atoms with van der Waals surface area (Å²) in [5, 5.41) is 7.31. The van der Waals surface area contributed by atoms with Crippen LogP contribution in [-0.4, -0.2) is 32.0 Å². The summed E-state index contributed by atoms with van der Waals surface area (Å²) in [4.78, 5) is 16.5. The Hall–Kier alpha value is -4.68. The second-order valence-electron chi connectivity index (χ2n) is 11.2. The Morgan fingerprint density at radius 3 is 1.54 bits per heavy atom. The van der Waals surface area contributed by atoms with Crippen molar-refractivity contribution in [2.24, 2.45) is 0 Å². The Morgan fingerprint density at radius 1 is 0.583 bits per heavy atom. The van der Waals surface area contributed by atoms with Gasteiger partial charge in [-0.15, -0.1) is 0 Å². The molecular weight excluding hydrogens is 677 g/mol. The zero-order chi connectivity index (χ0) is 34.9. The van der Waals surface area contributed by atoms with E-state index < -0.39 is 46.0 Å². The lowest BCUT2D eigenvalue weighted by molar-refractivity contribution is 0.547. The van der Waals surface area contributed by atoms with Crippen molar-refractivity contribution < 1.29 is 26.3 Å². The van der Waals surface area contributed by atoms with Crippen molar-refractivity contribution in [1.29, 1.82) is 0 Å². The highest BCUT2D eigenvalue weighted by Gasteiger charge is 2.25. The monoisotopic (exact) mass is 702 g/mol. The van der Waals surface area contributed by atoms with E-state index in [1.165, 1.54) is 18.6 Å². The maximum atomic E-state index is 14.3. The molecule has 0 saturated carbocycles. The summed E-state index contributed by atoms with van der Waals surface area (Å²) in [7, 11) is 0. The minimum Gasteiger partial charge on any atom is -0.382 e. The first-order chi connectivity index (χ1) is 22.8. The topological polar surface area (TPSA) is 75.6 Å².